The summed E-state index contributed by atoms with van der Waals surface area (Å²) in [6.07, 6.45) is 1.64. The third-order valence-electron chi connectivity index (χ3n) is 5.15. The molecular formula is C24H16N4O5. The van der Waals surface area contributed by atoms with Gasteiger partial charge < -0.3 is 14.2 Å². The van der Waals surface area contributed by atoms with E-state index in [1.165, 1.54) is 18.2 Å². The van der Waals surface area contributed by atoms with Gasteiger partial charge >= 0.3 is 0 Å². The number of aromatic nitrogens is 2. The zero-order valence-electron chi connectivity index (χ0n) is 17.3. The van der Waals surface area contributed by atoms with E-state index in [0.717, 1.165) is 11.1 Å². The molecule has 0 radical (unpaired) electrons. The third kappa shape index (κ3) is 3.83. The average molecular weight is 440 g/mol. The van der Waals surface area contributed by atoms with Crippen LogP contribution < -0.4 is 5.32 Å². The van der Waals surface area contributed by atoms with E-state index in [4.69, 9.17) is 8.83 Å². The van der Waals surface area contributed by atoms with Crippen molar-refractivity contribution in [3.8, 4) is 22.8 Å². The first-order chi connectivity index (χ1) is 16.0. The van der Waals surface area contributed by atoms with Gasteiger partial charge in [-0.25, -0.2) is 4.98 Å². The lowest BCUT2D eigenvalue weighted by Crippen LogP contribution is -2.12. The molecule has 0 fully saturated rings. The number of nitrogens with one attached hydrogen (secondary N) is 1. The highest BCUT2D eigenvalue weighted by molar-refractivity contribution is 6.03. The van der Waals surface area contributed by atoms with Gasteiger partial charge in [0.25, 0.3) is 11.6 Å². The Balaban J connectivity index is 1.40. The van der Waals surface area contributed by atoms with Gasteiger partial charge in [-0.1, -0.05) is 18.2 Å². The summed E-state index contributed by atoms with van der Waals surface area (Å²) in [6.45, 7) is 1.85. The van der Waals surface area contributed by atoms with Crippen molar-refractivity contribution < 1.29 is 18.6 Å². The molecule has 3 heterocycles. The second-order valence-corrected chi connectivity index (χ2v) is 7.25. The minimum Gasteiger partial charge on any atom is -0.451 e. The normalized spacial score (nSPS) is 10.9. The molecule has 162 valence electrons. The Morgan fingerprint density at radius 1 is 1.03 bits per heavy atom. The highest BCUT2D eigenvalue weighted by Crippen LogP contribution is 2.31. The van der Waals surface area contributed by atoms with Crippen molar-refractivity contribution in [2.45, 2.75) is 6.92 Å². The Morgan fingerprint density at radius 2 is 1.88 bits per heavy atom. The standard InChI is InChI=1S/C24H16N4O5/c1-14-17(24-27-22-20(33-24)9-4-12-25-22)7-3-8-18(14)26-23(29)21-11-10-19(32-21)15-5-2-6-16(13-15)28(30)31/h2-13H,1H3,(H,26,29). The highest BCUT2D eigenvalue weighted by Gasteiger charge is 2.18. The maximum Gasteiger partial charge on any atom is 0.291 e. The van der Waals surface area contributed by atoms with Crippen LogP contribution in [0, 0.1) is 17.0 Å². The fraction of sp³-hybridized carbons (Fsp3) is 0.0417. The molecule has 2 aromatic carbocycles. The predicted molar refractivity (Wildman–Crippen MR) is 121 cm³/mol. The van der Waals surface area contributed by atoms with E-state index in [9.17, 15) is 14.9 Å². The summed E-state index contributed by atoms with van der Waals surface area (Å²) in [7, 11) is 0. The number of hydrogen-bond donors (Lipinski definition) is 1. The zero-order valence-corrected chi connectivity index (χ0v) is 17.3. The SMILES string of the molecule is Cc1c(NC(=O)c2ccc(-c3cccc([N+](=O)[O-])c3)o2)cccc1-c1nc2ncccc2o1. The fourth-order valence-corrected chi connectivity index (χ4v) is 3.46. The molecule has 5 aromatic rings. The summed E-state index contributed by atoms with van der Waals surface area (Å²) in [5, 5.41) is 13.8. The molecule has 33 heavy (non-hydrogen) atoms. The van der Waals surface area contributed by atoms with Gasteiger partial charge in [-0.3, -0.25) is 14.9 Å². The van der Waals surface area contributed by atoms with Gasteiger partial charge in [-0.05, 0) is 48.9 Å². The fourth-order valence-electron chi connectivity index (χ4n) is 3.46. The molecular weight excluding hydrogens is 424 g/mol. The predicted octanol–water partition coefficient (Wildman–Crippen LogP) is 5.62. The number of nitro groups is 1. The number of carbonyl (C=O) groups excluding carboxylic acids is 1. The van der Waals surface area contributed by atoms with E-state index in [0.29, 0.717) is 34.1 Å². The molecule has 9 heteroatoms. The summed E-state index contributed by atoms with van der Waals surface area (Å²) in [6, 6.07) is 18.1. The number of amides is 1. The zero-order chi connectivity index (χ0) is 22.9. The molecule has 5 rings (SSSR count). The van der Waals surface area contributed by atoms with E-state index < -0.39 is 10.8 Å². The molecule has 0 spiro atoms. The number of furan rings is 1. The van der Waals surface area contributed by atoms with E-state index in [1.807, 2.05) is 13.0 Å². The number of anilines is 1. The van der Waals surface area contributed by atoms with Gasteiger partial charge in [0.2, 0.25) is 5.89 Å². The van der Waals surface area contributed by atoms with Crippen molar-refractivity contribution in [2.75, 3.05) is 5.32 Å². The lowest BCUT2D eigenvalue weighted by Gasteiger charge is -2.10. The van der Waals surface area contributed by atoms with Crippen LogP contribution in [-0.4, -0.2) is 20.8 Å². The summed E-state index contributed by atoms with van der Waals surface area (Å²) in [5.74, 6) is 0.384. The molecule has 1 N–H and O–H groups in total. The number of oxazole rings is 1. The van der Waals surface area contributed by atoms with Crippen LogP contribution in [0.1, 0.15) is 16.1 Å². The smallest absolute Gasteiger partial charge is 0.291 e. The minimum absolute atomic E-state index is 0.0586. The van der Waals surface area contributed by atoms with Crippen molar-refractivity contribution in [1.82, 2.24) is 9.97 Å². The van der Waals surface area contributed by atoms with Crippen molar-refractivity contribution in [3.05, 3.63) is 94.4 Å². The first-order valence-electron chi connectivity index (χ1n) is 9.97. The van der Waals surface area contributed by atoms with Crippen LogP contribution in [0.25, 0.3) is 34.0 Å². The number of pyridine rings is 1. The van der Waals surface area contributed by atoms with E-state index >= 15 is 0 Å². The molecule has 0 aliphatic carbocycles. The van der Waals surface area contributed by atoms with Gasteiger partial charge in [0, 0.05) is 35.1 Å². The number of carbonyl (C=O) groups is 1. The first-order valence-corrected chi connectivity index (χ1v) is 9.97. The van der Waals surface area contributed by atoms with Crippen molar-refractivity contribution >= 4 is 28.5 Å². The van der Waals surface area contributed by atoms with Crippen LogP contribution in [0.2, 0.25) is 0 Å². The van der Waals surface area contributed by atoms with Crippen molar-refractivity contribution in [3.63, 3.8) is 0 Å². The highest BCUT2D eigenvalue weighted by atomic mass is 16.6. The van der Waals surface area contributed by atoms with Gasteiger partial charge in [0.1, 0.15) is 5.76 Å². The Bertz CT molecular complexity index is 1490. The largest absolute Gasteiger partial charge is 0.451 e. The second-order valence-electron chi connectivity index (χ2n) is 7.25. The number of nitrogens with zero attached hydrogens (tertiary/aromatic N) is 3. The summed E-state index contributed by atoms with van der Waals surface area (Å²) < 4.78 is 11.5. The molecule has 1 amide bonds. The van der Waals surface area contributed by atoms with E-state index in [-0.39, 0.29) is 11.4 Å². The quantitative estimate of drug-likeness (QED) is 0.278. The van der Waals surface area contributed by atoms with Crippen LogP contribution in [0.3, 0.4) is 0 Å². The van der Waals surface area contributed by atoms with Crippen molar-refractivity contribution in [2.24, 2.45) is 0 Å². The van der Waals surface area contributed by atoms with Gasteiger partial charge in [-0.15, -0.1) is 0 Å². The second kappa shape index (κ2) is 8.04. The summed E-state index contributed by atoms with van der Waals surface area (Å²) >= 11 is 0. The Kier molecular flexibility index (Phi) is 4.91. The van der Waals surface area contributed by atoms with E-state index in [1.54, 1.807) is 48.7 Å². The molecule has 0 aliphatic rings. The summed E-state index contributed by atoms with van der Waals surface area (Å²) in [4.78, 5) is 31.9. The van der Waals surface area contributed by atoms with Crippen LogP contribution in [-0.2, 0) is 0 Å². The van der Waals surface area contributed by atoms with Gasteiger partial charge in [0.15, 0.2) is 17.0 Å². The molecule has 0 saturated heterocycles. The number of non-ortho nitro benzene ring substituents is 1. The van der Waals surface area contributed by atoms with Gasteiger partial charge in [-0.2, -0.15) is 4.98 Å². The molecule has 3 aromatic heterocycles. The van der Waals surface area contributed by atoms with Crippen LogP contribution in [0.5, 0.6) is 0 Å². The number of hydrogen-bond acceptors (Lipinski definition) is 7. The topological polar surface area (TPSA) is 124 Å². The van der Waals surface area contributed by atoms with Crippen LogP contribution >= 0.6 is 0 Å². The number of benzene rings is 2. The molecule has 0 unspecified atom stereocenters. The lowest BCUT2D eigenvalue weighted by molar-refractivity contribution is -0.384. The maximum atomic E-state index is 12.8. The van der Waals surface area contributed by atoms with Crippen LogP contribution in [0.15, 0.2) is 81.8 Å². The Labute approximate surface area is 186 Å². The minimum atomic E-state index is -0.483. The maximum absolute atomic E-state index is 12.8. The number of rotatable bonds is 5. The van der Waals surface area contributed by atoms with Gasteiger partial charge in [0.05, 0.1) is 4.92 Å². The molecule has 0 saturated carbocycles. The number of fused-ring (bicyclic) bond motifs is 1. The molecule has 9 nitrogen and oxygen atoms in total. The Hall–Kier alpha value is -4.79. The van der Waals surface area contributed by atoms with Crippen LogP contribution in [0.4, 0.5) is 11.4 Å². The van der Waals surface area contributed by atoms with Crippen molar-refractivity contribution in [1.29, 1.82) is 0 Å². The van der Waals surface area contributed by atoms with E-state index in [2.05, 4.69) is 15.3 Å². The molecule has 0 bridgehead atoms. The third-order valence-corrected chi connectivity index (χ3v) is 5.15. The Morgan fingerprint density at radius 3 is 2.70 bits per heavy atom. The lowest BCUT2D eigenvalue weighted by atomic mass is 10.1. The number of nitro benzene ring substituents is 1. The molecule has 0 atom stereocenters. The monoisotopic (exact) mass is 440 g/mol. The molecule has 0 aliphatic heterocycles. The summed E-state index contributed by atoms with van der Waals surface area (Å²) in [5.41, 5.74) is 3.59. The average Bonchev–Trinajstić information content (AvgIpc) is 3.48. The first kappa shape index (κ1) is 20.1.